The quantitative estimate of drug-likeness (QED) is 0.153. The van der Waals surface area contributed by atoms with Crippen molar-refractivity contribution >= 4 is 32.3 Å². The molecule has 0 aromatic heterocycles. The fraction of sp³-hybridized carbons (Fsp3) is 0. The number of hydrogen-bond acceptors (Lipinski definition) is 0. The molecule has 252 valence electrons. The highest BCUT2D eigenvalue weighted by molar-refractivity contribution is 6.24. The summed E-state index contributed by atoms with van der Waals surface area (Å²) in [4.78, 5) is 0. The van der Waals surface area contributed by atoms with Crippen LogP contribution in [-0.4, -0.2) is 0 Å². The van der Waals surface area contributed by atoms with E-state index in [1.54, 1.807) is 0 Å². The molecule has 10 aromatic rings. The van der Waals surface area contributed by atoms with Gasteiger partial charge in [0.25, 0.3) is 0 Å². The van der Waals surface area contributed by atoms with E-state index in [1.807, 2.05) is 0 Å². The maximum absolute atomic E-state index is 2.43. The van der Waals surface area contributed by atoms with Gasteiger partial charge in [-0.3, -0.25) is 0 Å². The molecular weight excluding hydrogens is 649 g/mol. The highest BCUT2D eigenvalue weighted by Crippen LogP contribution is 2.48. The maximum Gasteiger partial charge on any atom is -0.00201 e. The van der Waals surface area contributed by atoms with Crippen molar-refractivity contribution in [1.29, 1.82) is 0 Å². The molecule has 0 spiro atoms. The topological polar surface area (TPSA) is 0 Å². The van der Waals surface area contributed by atoms with Gasteiger partial charge in [-0.25, -0.2) is 0 Å². The summed E-state index contributed by atoms with van der Waals surface area (Å²) < 4.78 is 0. The third kappa shape index (κ3) is 5.57. The fourth-order valence-corrected chi connectivity index (χ4v) is 8.31. The lowest BCUT2D eigenvalue weighted by molar-refractivity contribution is 1.58. The summed E-state index contributed by atoms with van der Waals surface area (Å²) in [5, 5.41) is 7.45. The van der Waals surface area contributed by atoms with Crippen LogP contribution in [0.25, 0.3) is 99.1 Å². The first-order chi connectivity index (χ1) is 26.8. The molecule has 0 heterocycles. The van der Waals surface area contributed by atoms with Gasteiger partial charge in [-0.05, 0) is 123 Å². The molecule has 0 amide bonds. The van der Waals surface area contributed by atoms with Crippen molar-refractivity contribution in [1.82, 2.24) is 0 Å². The molecule has 0 atom stereocenters. The smallest absolute Gasteiger partial charge is 0.00201 e. The van der Waals surface area contributed by atoms with E-state index >= 15 is 0 Å². The molecule has 10 aromatic carbocycles. The maximum atomic E-state index is 2.43. The third-order valence-corrected chi connectivity index (χ3v) is 10.9. The number of benzene rings is 10. The second-order valence-electron chi connectivity index (χ2n) is 14.0. The molecule has 0 radical (unpaired) electrons. The normalized spacial score (nSPS) is 11.3. The minimum Gasteiger partial charge on any atom is -0.0622 e. The summed E-state index contributed by atoms with van der Waals surface area (Å²) in [7, 11) is 0. The van der Waals surface area contributed by atoms with Crippen molar-refractivity contribution in [2.24, 2.45) is 0 Å². The monoisotopic (exact) mass is 684 g/mol. The molecule has 0 N–H and O–H groups in total. The molecule has 0 aliphatic heterocycles. The van der Waals surface area contributed by atoms with Crippen LogP contribution in [0.3, 0.4) is 0 Å². The SMILES string of the molecule is c1ccc(-c2ccc(-c3c4ccccc4cc4c(-c5ccc(-c6ccccc6)cc5-c5ccccc5)c5ccccc5cc34)c(-c3ccccc3)c2)cc1. The molecule has 0 nitrogen and oxygen atoms in total. The Balaban J connectivity index is 1.33. The second kappa shape index (κ2) is 13.5. The van der Waals surface area contributed by atoms with Crippen LogP contribution < -0.4 is 0 Å². The summed E-state index contributed by atoms with van der Waals surface area (Å²) >= 11 is 0. The van der Waals surface area contributed by atoms with Gasteiger partial charge in [0.05, 0.1) is 0 Å². The van der Waals surface area contributed by atoms with Crippen LogP contribution in [0.4, 0.5) is 0 Å². The molecular formula is C54H36. The summed E-state index contributed by atoms with van der Waals surface area (Å²) in [6, 6.07) is 79.9. The Morgan fingerprint density at radius 3 is 0.907 bits per heavy atom. The summed E-state index contributed by atoms with van der Waals surface area (Å²) in [6.45, 7) is 0. The van der Waals surface area contributed by atoms with Crippen LogP contribution in [0, 0.1) is 0 Å². The van der Waals surface area contributed by atoms with E-state index in [-0.39, 0.29) is 0 Å². The van der Waals surface area contributed by atoms with Gasteiger partial charge < -0.3 is 0 Å². The minimum absolute atomic E-state index is 1.20. The summed E-state index contributed by atoms with van der Waals surface area (Å²) in [5.74, 6) is 0. The van der Waals surface area contributed by atoms with Crippen molar-refractivity contribution in [3.05, 3.63) is 218 Å². The van der Waals surface area contributed by atoms with Gasteiger partial charge in [0.1, 0.15) is 0 Å². The standard InChI is InChI=1S/C54H36/c1-5-17-37(18-6-1)41-29-31-47(49(33-41)39-21-9-3-10-22-39)53-45-27-15-13-25-43(45)36-52-51(53)35-44-26-14-16-28-46(44)54(52)48-32-30-42(38-19-7-2-8-20-38)34-50(48)40-23-11-4-12-24-40/h1-36H. The fourth-order valence-electron chi connectivity index (χ4n) is 8.31. The van der Waals surface area contributed by atoms with E-state index in [0.29, 0.717) is 0 Å². The molecule has 0 saturated heterocycles. The van der Waals surface area contributed by atoms with Gasteiger partial charge in [0.15, 0.2) is 0 Å². The third-order valence-electron chi connectivity index (χ3n) is 10.9. The second-order valence-corrected chi connectivity index (χ2v) is 14.0. The lowest BCUT2D eigenvalue weighted by atomic mass is 9.81. The van der Waals surface area contributed by atoms with Gasteiger partial charge in [-0.1, -0.05) is 194 Å². The van der Waals surface area contributed by atoms with Gasteiger partial charge in [-0.15, -0.1) is 0 Å². The number of rotatable bonds is 6. The van der Waals surface area contributed by atoms with Gasteiger partial charge >= 0.3 is 0 Å². The lowest BCUT2D eigenvalue weighted by Crippen LogP contribution is -1.94. The number of fused-ring (bicyclic) bond motifs is 3. The Morgan fingerprint density at radius 1 is 0.185 bits per heavy atom. The Hall–Kier alpha value is -7.02. The minimum atomic E-state index is 1.20. The predicted molar refractivity (Wildman–Crippen MR) is 232 cm³/mol. The van der Waals surface area contributed by atoms with Crippen LogP contribution in [0.15, 0.2) is 218 Å². The molecule has 0 aliphatic rings. The van der Waals surface area contributed by atoms with Crippen LogP contribution in [0.2, 0.25) is 0 Å². The summed E-state index contributed by atoms with van der Waals surface area (Å²) in [5.41, 5.74) is 14.7. The summed E-state index contributed by atoms with van der Waals surface area (Å²) in [6.07, 6.45) is 0. The molecule has 0 heteroatoms. The molecule has 0 fully saturated rings. The van der Waals surface area contributed by atoms with Crippen molar-refractivity contribution in [2.45, 2.75) is 0 Å². The zero-order chi connectivity index (χ0) is 35.8. The average molecular weight is 685 g/mol. The first kappa shape index (κ1) is 31.7. The Kier molecular flexibility index (Phi) is 7.93. The molecule has 54 heavy (non-hydrogen) atoms. The van der Waals surface area contributed by atoms with Crippen LogP contribution in [0.5, 0.6) is 0 Å². The van der Waals surface area contributed by atoms with E-state index in [2.05, 4.69) is 218 Å². The van der Waals surface area contributed by atoms with Crippen LogP contribution in [0.1, 0.15) is 0 Å². The van der Waals surface area contributed by atoms with E-state index < -0.39 is 0 Å². The molecule has 0 unspecified atom stereocenters. The molecule has 0 bridgehead atoms. The molecule has 0 saturated carbocycles. The zero-order valence-corrected chi connectivity index (χ0v) is 29.8. The van der Waals surface area contributed by atoms with Crippen molar-refractivity contribution in [3.8, 4) is 66.8 Å². The molecule has 0 aliphatic carbocycles. The Morgan fingerprint density at radius 2 is 0.519 bits per heavy atom. The molecule has 10 rings (SSSR count). The largest absolute Gasteiger partial charge is 0.0622 e. The average Bonchev–Trinajstić information content (AvgIpc) is 3.26. The van der Waals surface area contributed by atoms with Crippen LogP contribution >= 0.6 is 0 Å². The van der Waals surface area contributed by atoms with E-state index in [4.69, 9.17) is 0 Å². The van der Waals surface area contributed by atoms with Crippen molar-refractivity contribution in [3.63, 3.8) is 0 Å². The Bertz CT molecular complexity index is 2740. The zero-order valence-electron chi connectivity index (χ0n) is 29.8. The van der Waals surface area contributed by atoms with E-state index in [0.717, 1.165) is 0 Å². The van der Waals surface area contributed by atoms with Crippen LogP contribution in [-0.2, 0) is 0 Å². The predicted octanol–water partition coefficient (Wildman–Crippen LogP) is 15.1. The lowest BCUT2D eigenvalue weighted by Gasteiger charge is -2.21. The van der Waals surface area contributed by atoms with E-state index in [1.165, 1.54) is 99.1 Å². The Labute approximate surface area is 316 Å². The number of hydrogen-bond donors (Lipinski definition) is 0. The highest BCUT2D eigenvalue weighted by atomic mass is 14.2. The van der Waals surface area contributed by atoms with E-state index in [9.17, 15) is 0 Å². The van der Waals surface area contributed by atoms with Gasteiger partial charge in [0, 0.05) is 0 Å². The first-order valence-corrected chi connectivity index (χ1v) is 18.7. The van der Waals surface area contributed by atoms with Crippen molar-refractivity contribution < 1.29 is 0 Å². The first-order valence-electron chi connectivity index (χ1n) is 18.7. The van der Waals surface area contributed by atoms with Gasteiger partial charge in [0.2, 0.25) is 0 Å². The van der Waals surface area contributed by atoms with Gasteiger partial charge in [-0.2, -0.15) is 0 Å². The highest BCUT2D eigenvalue weighted by Gasteiger charge is 2.21. The van der Waals surface area contributed by atoms with Crippen molar-refractivity contribution in [2.75, 3.05) is 0 Å².